The quantitative estimate of drug-likeness (QED) is 0.793. The van der Waals surface area contributed by atoms with Gasteiger partial charge < -0.3 is 10.4 Å². The molecule has 0 saturated heterocycles. The topological polar surface area (TPSA) is 66.4 Å². The predicted octanol–water partition coefficient (Wildman–Crippen LogP) is 2.72. The lowest BCUT2D eigenvalue weighted by molar-refractivity contribution is -0.139. The molecule has 1 fully saturated rings. The highest BCUT2D eigenvalue weighted by Gasteiger charge is 2.37. The molecule has 1 amide bonds. The molecule has 2 N–H and O–H groups in total. The molecule has 4 heteroatoms. The number of carboxylic acid groups (broad SMARTS) is 1. The Morgan fingerprint density at radius 2 is 1.78 bits per heavy atom. The van der Waals surface area contributed by atoms with Gasteiger partial charge in [0.2, 0.25) is 5.91 Å². The third-order valence-corrected chi connectivity index (χ3v) is 3.56. The molecule has 104 valence electrons. The van der Waals surface area contributed by atoms with E-state index in [4.69, 9.17) is 5.11 Å². The zero-order chi connectivity index (χ0) is 13.8. The SMILES string of the molecule is CC(C)(C)CCC(=O)NC1(CC(=O)O)CCCC1. The predicted molar refractivity (Wildman–Crippen MR) is 70.3 cm³/mol. The maximum Gasteiger partial charge on any atom is 0.305 e. The largest absolute Gasteiger partial charge is 0.481 e. The lowest BCUT2D eigenvalue weighted by Gasteiger charge is -2.29. The van der Waals surface area contributed by atoms with Crippen molar-refractivity contribution in [2.24, 2.45) is 5.41 Å². The van der Waals surface area contributed by atoms with Crippen molar-refractivity contribution in [3.8, 4) is 0 Å². The van der Waals surface area contributed by atoms with Crippen LogP contribution in [0.4, 0.5) is 0 Å². The highest BCUT2D eigenvalue weighted by molar-refractivity contribution is 5.78. The Morgan fingerprint density at radius 1 is 1.22 bits per heavy atom. The van der Waals surface area contributed by atoms with Crippen molar-refractivity contribution in [3.05, 3.63) is 0 Å². The van der Waals surface area contributed by atoms with Crippen molar-refractivity contribution in [1.29, 1.82) is 0 Å². The second-order valence-electron chi connectivity index (χ2n) is 6.67. The van der Waals surface area contributed by atoms with Gasteiger partial charge in [0.1, 0.15) is 0 Å². The first-order chi connectivity index (χ1) is 8.22. The highest BCUT2D eigenvalue weighted by Crippen LogP contribution is 2.33. The average Bonchev–Trinajstić information content (AvgIpc) is 2.61. The van der Waals surface area contributed by atoms with Crippen molar-refractivity contribution in [2.45, 2.75) is 71.3 Å². The summed E-state index contributed by atoms with van der Waals surface area (Å²) < 4.78 is 0. The third kappa shape index (κ3) is 5.07. The second kappa shape index (κ2) is 5.72. The number of carbonyl (C=O) groups excluding carboxylic acids is 1. The number of amides is 1. The van der Waals surface area contributed by atoms with Crippen molar-refractivity contribution >= 4 is 11.9 Å². The molecule has 0 aromatic heterocycles. The normalized spacial score (nSPS) is 18.6. The van der Waals surface area contributed by atoms with Crippen LogP contribution in [0.15, 0.2) is 0 Å². The summed E-state index contributed by atoms with van der Waals surface area (Å²) in [5.74, 6) is -0.832. The number of hydrogen-bond donors (Lipinski definition) is 2. The van der Waals surface area contributed by atoms with E-state index in [-0.39, 0.29) is 17.7 Å². The van der Waals surface area contributed by atoms with Gasteiger partial charge in [0, 0.05) is 6.42 Å². The minimum absolute atomic E-state index is 0.00641. The summed E-state index contributed by atoms with van der Waals surface area (Å²) in [6.07, 6.45) is 4.95. The zero-order valence-electron chi connectivity index (χ0n) is 11.7. The Hall–Kier alpha value is -1.06. The molecule has 0 radical (unpaired) electrons. The standard InChI is InChI=1S/C14H25NO3/c1-13(2,3)9-6-11(16)15-14(10-12(17)18)7-4-5-8-14/h4-10H2,1-3H3,(H,15,16)(H,17,18). The molecule has 0 spiro atoms. The number of nitrogens with one attached hydrogen (secondary N) is 1. The molecular weight excluding hydrogens is 230 g/mol. The van der Waals surface area contributed by atoms with Crippen molar-refractivity contribution < 1.29 is 14.7 Å². The van der Waals surface area contributed by atoms with E-state index in [1.807, 2.05) is 0 Å². The van der Waals surface area contributed by atoms with Gasteiger partial charge in [-0.25, -0.2) is 0 Å². The maximum absolute atomic E-state index is 11.9. The first kappa shape index (κ1) is 15.0. The number of carboxylic acids is 1. The molecule has 0 bridgehead atoms. The number of hydrogen-bond acceptors (Lipinski definition) is 2. The molecular formula is C14H25NO3. The van der Waals surface area contributed by atoms with Crippen molar-refractivity contribution in [3.63, 3.8) is 0 Å². The highest BCUT2D eigenvalue weighted by atomic mass is 16.4. The van der Waals surface area contributed by atoms with Crippen LogP contribution in [-0.2, 0) is 9.59 Å². The van der Waals surface area contributed by atoms with Gasteiger partial charge in [0.25, 0.3) is 0 Å². The summed E-state index contributed by atoms with van der Waals surface area (Å²) in [7, 11) is 0. The van der Waals surface area contributed by atoms with Crippen LogP contribution in [-0.4, -0.2) is 22.5 Å². The Labute approximate surface area is 109 Å². The van der Waals surface area contributed by atoms with E-state index in [0.29, 0.717) is 6.42 Å². The number of carbonyl (C=O) groups is 2. The fourth-order valence-electron chi connectivity index (χ4n) is 2.53. The van der Waals surface area contributed by atoms with E-state index in [1.165, 1.54) is 0 Å². The lowest BCUT2D eigenvalue weighted by atomic mass is 9.89. The van der Waals surface area contributed by atoms with E-state index < -0.39 is 11.5 Å². The van der Waals surface area contributed by atoms with Gasteiger partial charge in [0.05, 0.1) is 12.0 Å². The van der Waals surface area contributed by atoms with Gasteiger partial charge in [-0.2, -0.15) is 0 Å². The van der Waals surface area contributed by atoms with Gasteiger partial charge in [-0.3, -0.25) is 9.59 Å². The van der Waals surface area contributed by atoms with Crippen molar-refractivity contribution in [1.82, 2.24) is 5.32 Å². The summed E-state index contributed by atoms with van der Waals surface area (Å²) in [5, 5.41) is 11.9. The first-order valence-corrected chi connectivity index (χ1v) is 6.75. The van der Waals surface area contributed by atoms with E-state index in [0.717, 1.165) is 32.1 Å². The van der Waals surface area contributed by atoms with Crippen LogP contribution in [0.25, 0.3) is 0 Å². The zero-order valence-corrected chi connectivity index (χ0v) is 11.7. The molecule has 0 atom stereocenters. The minimum Gasteiger partial charge on any atom is -0.481 e. The van der Waals surface area contributed by atoms with Crippen LogP contribution in [0.3, 0.4) is 0 Å². The monoisotopic (exact) mass is 255 g/mol. The van der Waals surface area contributed by atoms with E-state index >= 15 is 0 Å². The van der Waals surface area contributed by atoms with E-state index in [1.54, 1.807) is 0 Å². The summed E-state index contributed by atoms with van der Waals surface area (Å²) >= 11 is 0. The van der Waals surface area contributed by atoms with Crippen LogP contribution in [0, 0.1) is 5.41 Å². The van der Waals surface area contributed by atoms with Crippen LogP contribution in [0.2, 0.25) is 0 Å². The van der Waals surface area contributed by atoms with Crippen LogP contribution in [0.1, 0.15) is 65.7 Å². The van der Waals surface area contributed by atoms with Gasteiger partial charge >= 0.3 is 5.97 Å². The second-order valence-corrected chi connectivity index (χ2v) is 6.67. The van der Waals surface area contributed by atoms with E-state index in [2.05, 4.69) is 26.1 Å². The Bertz CT molecular complexity index is 311. The summed E-state index contributed by atoms with van der Waals surface area (Å²) in [6, 6.07) is 0. The summed E-state index contributed by atoms with van der Waals surface area (Å²) in [4.78, 5) is 22.8. The molecule has 1 saturated carbocycles. The van der Waals surface area contributed by atoms with Crippen LogP contribution >= 0.6 is 0 Å². The molecule has 1 aliphatic rings. The van der Waals surface area contributed by atoms with Gasteiger partial charge in [-0.1, -0.05) is 33.6 Å². The van der Waals surface area contributed by atoms with Crippen LogP contribution < -0.4 is 5.32 Å². The van der Waals surface area contributed by atoms with Gasteiger partial charge in [-0.05, 0) is 24.7 Å². The van der Waals surface area contributed by atoms with E-state index in [9.17, 15) is 9.59 Å². The maximum atomic E-state index is 11.9. The molecule has 0 unspecified atom stereocenters. The Morgan fingerprint density at radius 3 is 2.22 bits per heavy atom. The van der Waals surface area contributed by atoms with Crippen LogP contribution in [0.5, 0.6) is 0 Å². The Kier molecular flexibility index (Phi) is 4.77. The summed E-state index contributed by atoms with van der Waals surface area (Å²) in [5.41, 5.74) is -0.353. The van der Waals surface area contributed by atoms with Gasteiger partial charge in [-0.15, -0.1) is 0 Å². The number of rotatable bonds is 5. The van der Waals surface area contributed by atoms with Gasteiger partial charge in [0.15, 0.2) is 0 Å². The fraction of sp³-hybridized carbons (Fsp3) is 0.857. The molecule has 0 aliphatic heterocycles. The first-order valence-electron chi connectivity index (χ1n) is 6.75. The molecule has 0 heterocycles. The lowest BCUT2D eigenvalue weighted by Crippen LogP contribution is -2.47. The fourth-order valence-corrected chi connectivity index (χ4v) is 2.53. The molecule has 18 heavy (non-hydrogen) atoms. The molecule has 1 rings (SSSR count). The molecule has 0 aromatic carbocycles. The molecule has 4 nitrogen and oxygen atoms in total. The molecule has 1 aliphatic carbocycles. The molecule has 0 aromatic rings. The van der Waals surface area contributed by atoms with Crippen molar-refractivity contribution in [2.75, 3.05) is 0 Å². The average molecular weight is 255 g/mol. The summed E-state index contributed by atoms with van der Waals surface area (Å²) in [6.45, 7) is 6.30. The number of aliphatic carboxylic acids is 1. The third-order valence-electron chi connectivity index (χ3n) is 3.56. The smallest absolute Gasteiger partial charge is 0.305 e. The minimum atomic E-state index is -0.826. The Balaban J connectivity index is 2.51.